The van der Waals surface area contributed by atoms with Crippen molar-refractivity contribution in [2.45, 2.75) is 38.7 Å². The number of ether oxygens (including phenoxy) is 1. The molecule has 2 aromatic rings. The van der Waals surface area contributed by atoms with Crippen LogP contribution < -0.4 is 10.3 Å². The molecule has 0 unspecified atom stereocenters. The van der Waals surface area contributed by atoms with Gasteiger partial charge in [-0.15, -0.1) is 0 Å². The van der Waals surface area contributed by atoms with Gasteiger partial charge >= 0.3 is 0 Å². The molecule has 1 fully saturated rings. The molecule has 0 saturated carbocycles. The summed E-state index contributed by atoms with van der Waals surface area (Å²) in [5.41, 5.74) is 1.68. The van der Waals surface area contributed by atoms with Crippen molar-refractivity contribution < 1.29 is 9.53 Å². The van der Waals surface area contributed by atoms with E-state index in [1.54, 1.807) is 12.3 Å². The van der Waals surface area contributed by atoms with Gasteiger partial charge in [-0.05, 0) is 68.5 Å². The van der Waals surface area contributed by atoms with Gasteiger partial charge in [-0.25, -0.2) is 0 Å². The van der Waals surface area contributed by atoms with E-state index in [0.29, 0.717) is 24.6 Å². The zero-order valence-electron chi connectivity index (χ0n) is 14.7. The summed E-state index contributed by atoms with van der Waals surface area (Å²) in [5, 5.41) is 0. The van der Waals surface area contributed by atoms with Gasteiger partial charge in [-0.1, -0.05) is 0 Å². The number of aromatic nitrogens is 1. The summed E-state index contributed by atoms with van der Waals surface area (Å²) in [6.07, 6.45) is 3.56. The van der Waals surface area contributed by atoms with Gasteiger partial charge in [0, 0.05) is 30.9 Å². The molecule has 25 heavy (non-hydrogen) atoms. The number of carbonyl (C=O) groups is 1. The first-order valence-corrected chi connectivity index (χ1v) is 8.77. The number of H-pyrrole nitrogens is 1. The molecule has 3 rings (SSSR count). The van der Waals surface area contributed by atoms with Gasteiger partial charge in [0.05, 0.1) is 6.10 Å². The lowest BCUT2D eigenvalue weighted by atomic mass is 9.90. The van der Waals surface area contributed by atoms with Crippen LogP contribution in [0.4, 0.5) is 0 Å². The Morgan fingerprint density at radius 2 is 1.84 bits per heavy atom. The van der Waals surface area contributed by atoms with E-state index in [4.69, 9.17) is 4.74 Å². The SMILES string of the molecule is CC(C)Oc1ccc(C(=O)N2CCC(c3cc[nH]c(=O)c3)CC2)cc1. The van der Waals surface area contributed by atoms with Crippen molar-refractivity contribution in [1.29, 1.82) is 0 Å². The molecular formula is C20H24N2O3. The second kappa shape index (κ2) is 7.55. The van der Waals surface area contributed by atoms with E-state index in [0.717, 1.165) is 24.2 Å². The smallest absolute Gasteiger partial charge is 0.253 e. The third kappa shape index (κ3) is 4.29. The van der Waals surface area contributed by atoms with Crippen LogP contribution in [0.1, 0.15) is 48.5 Å². The Morgan fingerprint density at radius 1 is 1.16 bits per heavy atom. The van der Waals surface area contributed by atoms with Crippen LogP contribution in [-0.4, -0.2) is 35.0 Å². The number of hydrogen-bond acceptors (Lipinski definition) is 3. The molecule has 2 heterocycles. The zero-order chi connectivity index (χ0) is 17.8. The number of rotatable bonds is 4. The van der Waals surface area contributed by atoms with Crippen LogP contribution in [-0.2, 0) is 0 Å². The van der Waals surface area contributed by atoms with Crippen molar-refractivity contribution >= 4 is 5.91 Å². The number of hydrogen-bond donors (Lipinski definition) is 1. The van der Waals surface area contributed by atoms with Gasteiger partial charge in [0.25, 0.3) is 5.91 Å². The minimum absolute atomic E-state index is 0.0560. The van der Waals surface area contributed by atoms with Gasteiger partial charge in [0.1, 0.15) is 5.75 Å². The number of aromatic amines is 1. The number of piperidine rings is 1. The summed E-state index contributed by atoms with van der Waals surface area (Å²) in [7, 11) is 0. The lowest BCUT2D eigenvalue weighted by Crippen LogP contribution is -2.38. The highest BCUT2D eigenvalue weighted by atomic mass is 16.5. The Hall–Kier alpha value is -2.56. The number of pyridine rings is 1. The third-order valence-electron chi connectivity index (χ3n) is 4.53. The molecule has 1 aromatic heterocycles. The second-order valence-electron chi connectivity index (χ2n) is 6.74. The first kappa shape index (κ1) is 17.3. The van der Waals surface area contributed by atoms with Crippen LogP contribution in [0.3, 0.4) is 0 Å². The molecule has 0 atom stereocenters. The van der Waals surface area contributed by atoms with Gasteiger partial charge in [0.2, 0.25) is 5.56 Å². The maximum absolute atomic E-state index is 12.7. The Morgan fingerprint density at radius 3 is 2.44 bits per heavy atom. The molecular weight excluding hydrogens is 316 g/mol. The lowest BCUT2D eigenvalue weighted by Gasteiger charge is -2.32. The lowest BCUT2D eigenvalue weighted by molar-refractivity contribution is 0.0713. The van der Waals surface area contributed by atoms with Crippen molar-refractivity contribution in [3.05, 3.63) is 64.1 Å². The molecule has 0 bridgehead atoms. The largest absolute Gasteiger partial charge is 0.491 e. The molecule has 1 N–H and O–H groups in total. The van der Waals surface area contributed by atoms with Crippen molar-refractivity contribution in [3.63, 3.8) is 0 Å². The summed E-state index contributed by atoms with van der Waals surface area (Å²) in [4.78, 5) is 28.7. The highest BCUT2D eigenvalue weighted by Gasteiger charge is 2.24. The quantitative estimate of drug-likeness (QED) is 0.930. The number of amides is 1. The Bertz CT molecular complexity index is 772. The molecule has 5 nitrogen and oxygen atoms in total. The van der Waals surface area contributed by atoms with Gasteiger partial charge in [-0.2, -0.15) is 0 Å². The molecule has 0 aliphatic carbocycles. The number of benzene rings is 1. The van der Waals surface area contributed by atoms with Crippen molar-refractivity contribution in [2.75, 3.05) is 13.1 Å². The molecule has 1 aromatic carbocycles. The van der Waals surface area contributed by atoms with Crippen molar-refractivity contribution in [2.24, 2.45) is 0 Å². The van der Waals surface area contributed by atoms with E-state index < -0.39 is 0 Å². The van der Waals surface area contributed by atoms with E-state index in [2.05, 4.69) is 4.98 Å². The van der Waals surface area contributed by atoms with Gasteiger partial charge in [0.15, 0.2) is 0 Å². The predicted octanol–water partition coefficient (Wildman–Crippen LogP) is 3.18. The summed E-state index contributed by atoms with van der Waals surface area (Å²) < 4.78 is 5.61. The zero-order valence-corrected chi connectivity index (χ0v) is 14.7. The first-order valence-electron chi connectivity index (χ1n) is 8.77. The Balaban J connectivity index is 1.60. The average molecular weight is 340 g/mol. The van der Waals surface area contributed by atoms with E-state index >= 15 is 0 Å². The van der Waals surface area contributed by atoms with E-state index in [9.17, 15) is 9.59 Å². The maximum Gasteiger partial charge on any atom is 0.253 e. The van der Waals surface area contributed by atoms with Crippen molar-refractivity contribution in [1.82, 2.24) is 9.88 Å². The maximum atomic E-state index is 12.7. The fourth-order valence-corrected chi connectivity index (χ4v) is 3.26. The topological polar surface area (TPSA) is 62.4 Å². The fourth-order valence-electron chi connectivity index (χ4n) is 3.26. The standard InChI is InChI=1S/C20H24N2O3/c1-14(2)25-18-5-3-16(4-6-18)20(24)22-11-8-15(9-12-22)17-7-10-21-19(23)13-17/h3-7,10,13-15H,8-9,11-12H2,1-2H3,(H,21,23). The molecule has 1 aliphatic heterocycles. The summed E-state index contributed by atoms with van der Waals surface area (Å²) in [6.45, 7) is 5.37. The average Bonchev–Trinajstić information content (AvgIpc) is 2.61. The van der Waals surface area contributed by atoms with Crippen LogP contribution in [0, 0.1) is 0 Å². The summed E-state index contributed by atoms with van der Waals surface area (Å²) in [6, 6.07) is 10.9. The first-order chi connectivity index (χ1) is 12.0. The monoisotopic (exact) mass is 340 g/mol. The molecule has 1 aliphatic rings. The highest BCUT2D eigenvalue weighted by Crippen LogP contribution is 2.28. The van der Waals surface area contributed by atoms with Crippen LogP contribution >= 0.6 is 0 Å². The third-order valence-corrected chi connectivity index (χ3v) is 4.53. The highest BCUT2D eigenvalue weighted by molar-refractivity contribution is 5.94. The molecule has 132 valence electrons. The molecule has 1 amide bonds. The van der Waals surface area contributed by atoms with E-state index in [1.807, 2.05) is 49.1 Å². The summed E-state index contributed by atoms with van der Waals surface area (Å²) in [5.74, 6) is 1.17. The summed E-state index contributed by atoms with van der Waals surface area (Å²) >= 11 is 0. The van der Waals surface area contributed by atoms with E-state index in [-0.39, 0.29) is 17.6 Å². The minimum Gasteiger partial charge on any atom is -0.491 e. The van der Waals surface area contributed by atoms with Crippen LogP contribution in [0.5, 0.6) is 5.75 Å². The molecule has 1 saturated heterocycles. The fraction of sp³-hybridized carbons (Fsp3) is 0.400. The van der Waals surface area contributed by atoms with Gasteiger partial charge in [-0.3, -0.25) is 9.59 Å². The number of nitrogens with one attached hydrogen (secondary N) is 1. The second-order valence-corrected chi connectivity index (χ2v) is 6.74. The van der Waals surface area contributed by atoms with Crippen LogP contribution in [0.15, 0.2) is 47.4 Å². The number of likely N-dealkylation sites (tertiary alicyclic amines) is 1. The van der Waals surface area contributed by atoms with Gasteiger partial charge < -0.3 is 14.6 Å². The van der Waals surface area contributed by atoms with Crippen molar-refractivity contribution in [3.8, 4) is 5.75 Å². The molecule has 0 radical (unpaired) electrons. The van der Waals surface area contributed by atoms with Crippen LogP contribution in [0.2, 0.25) is 0 Å². The predicted molar refractivity (Wildman–Crippen MR) is 97.1 cm³/mol. The number of carbonyl (C=O) groups excluding carboxylic acids is 1. The molecule has 5 heteroatoms. The van der Waals surface area contributed by atoms with E-state index in [1.165, 1.54) is 0 Å². The Kier molecular flexibility index (Phi) is 5.22. The minimum atomic E-state index is -0.0697. The van der Waals surface area contributed by atoms with Crippen LogP contribution in [0.25, 0.3) is 0 Å². The number of nitrogens with zero attached hydrogens (tertiary/aromatic N) is 1. The molecule has 0 spiro atoms. The normalized spacial score (nSPS) is 15.4. The Labute approximate surface area is 147 Å².